The van der Waals surface area contributed by atoms with Gasteiger partial charge in [0.25, 0.3) is 11.8 Å². The van der Waals surface area contributed by atoms with Crippen molar-refractivity contribution in [3.05, 3.63) is 95.9 Å². The average molecular weight is 491 g/mol. The fraction of sp³-hybridized carbons (Fsp3) is 0.0800. The third-order valence-corrected chi connectivity index (χ3v) is 5.67. The molecule has 0 bridgehead atoms. The van der Waals surface area contributed by atoms with Gasteiger partial charge in [0.05, 0.1) is 12.5 Å². The van der Waals surface area contributed by atoms with Gasteiger partial charge in [0, 0.05) is 28.7 Å². The highest BCUT2D eigenvalue weighted by molar-refractivity contribution is 7.92. The third-order valence-electron chi connectivity index (χ3n) is 5.06. The van der Waals surface area contributed by atoms with Crippen LogP contribution in [0.25, 0.3) is 11.1 Å². The third kappa shape index (κ3) is 6.12. The Balaban J connectivity index is 1.45. The summed E-state index contributed by atoms with van der Waals surface area (Å²) in [5.74, 6) is -0.585. The number of hydrogen-bond acceptors (Lipinski definition) is 6. The zero-order chi connectivity index (χ0) is 25.0. The molecule has 4 aromatic rings. The van der Waals surface area contributed by atoms with Crippen molar-refractivity contribution in [2.24, 2.45) is 0 Å². The summed E-state index contributed by atoms with van der Waals surface area (Å²) in [5.41, 5.74) is 4.78. The van der Waals surface area contributed by atoms with E-state index in [0.29, 0.717) is 22.6 Å². The molecule has 178 valence electrons. The summed E-state index contributed by atoms with van der Waals surface area (Å²) in [6.45, 7) is 1.96. The monoisotopic (exact) mass is 490 g/mol. The molecule has 3 aromatic carbocycles. The fourth-order valence-corrected chi connectivity index (χ4v) is 3.94. The van der Waals surface area contributed by atoms with E-state index in [0.717, 1.165) is 22.9 Å². The molecule has 0 spiro atoms. The maximum absolute atomic E-state index is 12.6. The van der Waals surface area contributed by atoms with Crippen LogP contribution in [0.5, 0.6) is 0 Å². The Bertz CT molecular complexity index is 1460. The molecule has 1 aromatic heterocycles. The van der Waals surface area contributed by atoms with E-state index in [-0.39, 0.29) is 11.7 Å². The summed E-state index contributed by atoms with van der Waals surface area (Å²) in [4.78, 5) is 24.9. The van der Waals surface area contributed by atoms with Gasteiger partial charge in [0.1, 0.15) is 0 Å². The molecular formula is C25H22N4O5S. The summed E-state index contributed by atoms with van der Waals surface area (Å²) >= 11 is 0. The SMILES string of the molecule is Cc1ccc(NC(=O)c2ccno2)cc1-c1ccc(C(=O)Nc2ccc(NS(C)(=O)=O)cc2)cc1. The largest absolute Gasteiger partial charge is 0.351 e. The molecule has 0 saturated carbocycles. The van der Waals surface area contributed by atoms with Crippen LogP contribution in [0, 0.1) is 6.92 Å². The Labute approximate surface area is 202 Å². The summed E-state index contributed by atoms with van der Waals surface area (Å²) in [6.07, 6.45) is 2.47. The first kappa shape index (κ1) is 23.7. The maximum atomic E-state index is 12.6. The first-order valence-electron chi connectivity index (χ1n) is 10.5. The van der Waals surface area contributed by atoms with E-state index in [1.165, 1.54) is 12.3 Å². The number of benzene rings is 3. The molecule has 35 heavy (non-hydrogen) atoms. The van der Waals surface area contributed by atoms with Crippen LogP contribution >= 0.6 is 0 Å². The van der Waals surface area contributed by atoms with Gasteiger partial charge in [-0.15, -0.1) is 0 Å². The predicted octanol–water partition coefficient (Wildman–Crippen LogP) is 4.53. The zero-order valence-electron chi connectivity index (χ0n) is 18.9. The molecule has 10 heteroatoms. The van der Waals surface area contributed by atoms with Crippen LogP contribution < -0.4 is 15.4 Å². The maximum Gasteiger partial charge on any atom is 0.294 e. The Morgan fingerprint density at radius 2 is 1.43 bits per heavy atom. The van der Waals surface area contributed by atoms with Crippen LogP contribution in [0.2, 0.25) is 0 Å². The topological polar surface area (TPSA) is 130 Å². The predicted molar refractivity (Wildman–Crippen MR) is 134 cm³/mol. The summed E-state index contributed by atoms with van der Waals surface area (Å²) < 4.78 is 29.9. The van der Waals surface area contributed by atoms with E-state index < -0.39 is 15.9 Å². The molecular weight excluding hydrogens is 468 g/mol. The number of amides is 2. The van der Waals surface area contributed by atoms with E-state index in [9.17, 15) is 18.0 Å². The summed E-state index contributed by atoms with van der Waals surface area (Å²) in [7, 11) is -3.37. The molecule has 0 aliphatic carbocycles. The van der Waals surface area contributed by atoms with Gasteiger partial charge in [-0.25, -0.2) is 8.42 Å². The number of rotatable bonds is 7. The standard InChI is InChI=1S/C25H22N4O5S/c1-16-3-8-21(28-25(31)23-13-14-26-34-23)15-22(16)17-4-6-18(7-5-17)24(30)27-19-9-11-20(12-10-19)29-35(2,32)33/h3-15,29H,1-2H3,(H,27,30)(H,28,31). The molecule has 0 unspecified atom stereocenters. The van der Waals surface area contributed by atoms with Crippen LogP contribution in [-0.4, -0.2) is 31.6 Å². The highest BCUT2D eigenvalue weighted by atomic mass is 32.2. The Hall–Kier alpha value is -4.44. The van der Waals surface area contributed by atoms with E-state index in [1.54, 1.807) is 42.5 Å². The van der Waals surface area contributed by atoms with Gasteiger partial charge in [0.2, 0.25) is 15.8 Å². The van der Waals surface area contributed by atoms with Crippen molar-refractivity contribution in [3.63, 3.8) is 0 Å². The fourth-order valence-electron chi connectivity index (χ4n) is 3.38. The van der Waals surface area contributed by atoms with E-state index in [2.05, 4.69) is 20.5 Å². The molecule has 0 radical (unpaired) electrons. The van der Waals surface area contributed by atoms with Gasteiger partial charge < -0.3 is 15.2 Å². The normalized spacial score (nSPS) is 11.0. The lowest BCUT2D eigenvalue weighted by atomic mass is 9.98. The first-order chi connectivity index (χ1) is 16.7. The highest BCUT2D eigenvalue weighted by Gasteiger charge is 2.12. The molecule has 0 atom stereocenters. The van der Waals surface area contributed by atoms with Crippen LogP contribution in [0.3, 0.4) is 0 Å². The number of anilines is 3. The van der Waals surface area contributed by atoms with Crippen LogP contribution in [0.1, 0.15) is 26.5 Å². The average Bonchev–Trinajstić information content (AvgIpc) is 3.36. The van der Waals surface area contributed by atoms with Crippen molar-refractivity contribution in [1.29, 1.82) is 0 Å². The molecule has 0 saturated heterocycles. The Morgan fingerprint density at radius 3 is 2.06 bits per heavy atom. The number of aryl methyl sites for hydroxylation is 1. The van der Waals surface area contributed by atoms with Crippen molar-refractivity contribution in [1.82, 2.24) is 5.16 Å². The van der Waals surface area contributed by atoms with Crippen LogP contribution in [-0.2, 0) is 10.0 Å². The lowest BCUT2D eigenvalue weighted by Crippen LogP contribution is -2.12. The second kappa shape index (κ2) is 9.82. The minimum absolute atomic E-state index is 0.115. The zero-order valence-corrected chi connectivity index (χ0v) is 19.7. The van der Waals surface area contributed by atoms with Gasteiger partial charge in [-0.3, -0.25) is 14.3 Å². The molecule has 4 rings (SSSR count). The molecule has 1 heterocycles. The Kier molecular flexibility index (Phi) is 6.65. The van der Waals surface area contributed by atoms with Crippen molar-refractivity contribution in [2.45, 2.75) is 6.92 Å². The van der Waals surface area contributed by atoms with Crippen molar-refractivity contribution < 1.29 is 22.5 Å². The van der Waals surface area contributed by atoms with Gasteiger partial charge in [-0.2, -0.15) is 0 Å². The van der Waals surface area contributed by atoms with Gasteiger partial charge in [0.15, 0.2) is 0 Å². The summed E-state index contributed by atoms with van der Waals surface area (Å²) in [5, 5.41) is 9.10. The molecule has 0 aliphatic heterocycles. The lowest BCUT2D eigenvalue weighted by Gasteiger charge is -2.11. The van der Waals surface area contributed by atoms with Crippen LogP contribution in [0.4, 0.5) is 17.1 Å². The molecule has 0 aliphatic rings. The second-order valence-corrected chi connectivity index (χ2v) is 9.59. The lowest BCUT2D eigenvalue weighted by molar-refractivity contribution is 0.0986. The number of hydrogen-bond donors (Lipinski definition) is 3. The molecule has 3 N–H and O–H groups in total. The molecule has 2 amide bonds. The number of nitrogens with one attached hydrogen (secondary N) is 3. The first-order valence-corrected chi connectivity index (χ1v) is 12.4. The Morgan fingerprint density at radius 1 is 0.800 bits per heavy atom. The number of nitrogens with zero attached hydrogens (tertiary/aromatic N) is 1. The number of sulfonamides is 1. The van der Waals surface area contributed by atoms with Gasteiger partial charge >= 0.3 is 0 Å². The number of carbonyl (C=O) groups is 2. The van der Waals surface area contributed by atoms with Gasteiger partial charge in [-0.1, -0.05) is 23.4 Å². The van der Waals surface area contributed by atoms with E-state index in [1.807, 2.05) is 31.2 Å². The quantitative estimate of drug-likeness (QED) is 0.349. The molecule has 9 nitrogen and oxygen atoms in total. The minimum atomic E-state index is -3.37. The minimum Gasteiger partial charge on any atom is -0.351 e. The second-order valence-electron chi connectivity index (χ2n) is 7.84. The number of carbonyl (C=O) groups excluding carboxylic acids is 2. The van der Waals surface area contributed by atoms with Crippen molar-refractivity contribution in [2.75, 3.05) is 21.6 Å². The van der Waals surface area contributed by atoms with E-state index in [4.69, 9.17) is 4.52 Å². The highest BCUT2D eigenvalue weighted by Crippen LogP contribution is 2.27. The van der Waals surface area contributed by atoms with Crippen molar-refractivity contribution >= 4 is 38.9 Å². The van der Waals surface area contributed by atoms with E-state index >= 15 is 0 Å². The van der Waals surface area contributed by atoms with Crippen LogP contribution in [0.15, 0.2) is 83.5 Å². The summed E-state index contributed by atoms with van der Waals surface area (Å²) in [6, 6.07) is 20.5. The number of aromatic nitrogens is 1. The van der Waals surface area contributed by atoms with Crippen molar-refractivity contribution in [3.8, 4) is 11.1 Å². The smallest absolute Gasteiger partial charge is 0.294 e. The van der Waals surface area contributed by atoms with Gasteiger partial charge in [-0.05, 0) is 72.1 Å². The molecule has 0 fully saturated rings.